The maximum atomic E-state index is 8.67. The number of hydrogen-bond donors (Lipinski definition) is 1. The number of hydrogen-bond acceptors (Lipinski definition) is 2. The summed E-state index contributed by atoms with van der Waals surface area (Å²) in [4.78, 5) is 0. The van der Waals surface area contributed by atoms with Gasteiger partial charge in [-0.2, -0.15) is 0 Å². The molecule has 0 aliphatic heterocycles. The molecule has 0 heterocycles. The molecule has 1 N–H and O–H groups in total. The standard InChI is InChI=1S/Nb.H2O.2O.V/h;1H2;;;/q;;;;+1/p-1. The first-order chi connectivity index (χ1) is 1.73. The molecule has 0 aliphatic carbocycles. The molecule has 0 rings (SSSR count). The summed E-state index contributed by atoms with van der Waals surface area (Å²) in [5.41, 5.74) is 0. The molecule has 3 nitrogen and oxygen atoms in total. The molecule has 0 aromatic rings. The Balaban J connectivity index is 0. The molecular formula is HNbO3V. The first kappa shape index (κ1) is 9.30. The van der Waals surface area contributed by atoms with Crippen LogP contribution in [0.5, 0.6) is 0 Å². The Morgan fingerprint density at radius 2 is 1.40 bits per heavy atom. The molecule has 5 heteroatoms. The van der Waals surface area contributed by atoms with Crippen molar-refractivity contribution in [1.29, 1.82) is 0 Å². The Bertz CT molecular complexity index is 55.3. The summed E-state index contributed by atoms with van der Waals surface area (Å²) in [5, 5.41) is 0. The van der Waals surface area contributed by atoms with Crippen LogP contribution in [-0.4, -0.2) is 4.03 Å². The summed E-state index contributed by atoms with van der Waals surface area (Å²) in [6.45, 7) is 0. The van der Waals surface area contributed by atoms with Gasteiger partial charge in [0.1, 0.15) is 0 Å². The summed E-state index contributed by atoms with van der Waals surface area (Å²) in [5.74, 6) is 0. The Labute approximate surface area is 49.2 Å². The average Bonchev–Trinajstić information content (AvgIpc) is 0.811. The van der Waals surface area contributed by atoms with Crippen LogP contribution in [0.15, 0.2) is 0 Å². The molecule has 0 saturated heterocycles. The average molecular weight is 193 g/mol. The van der Waals surface area contributed by atoms with Crippen molar-refractivity contribution in [2.75, 3.05) is 0 Å². The summed E-state index contributed by atoms with van der Waals surface area (Å²) in [6, 6.07) is 0. The van der Waals surface area contributed by atoms with Crippen LogP contribution in [0.3, 0.4) is 0 Å². The zero-order valence-electron chi connectivity index (χ0n) is 2.16. The fraction of sp³-hybridized carbons (Fsp3) is 0. The predicted molar refractivity (Wildman–Crippen MR) is 3.59 cm³/mol. The van der Waals surface area contributed by atoms with Crippen LogP contribution in [0.4, 0.5) is 0 Å². The van der Waals surface area contributed by atoms with Crippen molar-refractivity contribution in [1.82, 2.24) is 0 Å². The molecule has 0 amide bonds. The van der Waals surface area contributed by atoms with E-state index in [0.29, 0.717) is 0 Å². The zero-order chi connectivity index (χ0) is 3.58. The van der Waals surface area contributed by atoms with E-state index in [2.05, 4.69) is 0 Å². The molecule has 0 aromatic heterocycles. The van der Waals surface area contributed by atoms with Gasteiger partial charge >= 0.3 is 26.8 Å². The third kappa shape index (κ3) is 51.9. The third-order valence-electron chi connectivity index (χ3n) is 0. The quantitative estimate of drug-likeness (QED) is 0.512. The molecule has 0 aromatic carbocycles. The van der Waals surface area contributed by atoms with Crippen LogP contribution in [0.2, 0.25) is 0 Å². The Kier molecular flexibility index (Phi) is 9.09. The van der Waals surface area contributed by atoms with E-state index in [1.54, 1.807) is 0 Å². The van der Waals surface area contributed by atoms with Crippen LogP contribution in [0.25, 0.3) is 0 Å². The maximum absolute atomic E-state index is 8.67. The van der Waals surface area contributed by atoms with Gasteiger partial charge in [-0.05, 0) is 0 Å². The monoisotopic (exact) mass is 193 g/mol. The summed E-state index contributed by atoms with van der Waals surface area (Å²) >= 11 is -3.69. The molecular weight excluding hydrogens is 192 g/mol. The Morgan fingerprint density at radius 1 is 1.40 bits per heavy atom. The van der Waals surface area contributed by atoms with Crippen molar-refractivity contribution in [3.8, 4) is 0 Å². The summed E-state index contributed by atoms with van der Waals surface area (Å²) < 4.78 is 24.4. The van der Waals surface area contributed by atoms with E-state index in [9.17, 15) is 0 Å². The molecule has 0 spiro atoms. The van der Waals surface area contributed by atoms with Gasteiger partial charge in [-0.1, -0.05) is 0 Å². The first-order valence-electron chi connectivity index (χ1n) is 0.565. The molecule has 0 saturated carbocycles. The van der Waals surface area contributed by atoms with Gasteiger partial charge in [0.15, 0.2) is 0 Å². The predicted octanol–water partition coefficient (Wildman–Crippen LogP) is -0.800. The van der Waals surface area contributed by atoms with E-state index in [-0.39, 0.29) is 22.4 Å². The van der Waals surface area contributed by atoms with Crippen molar-refractivity contribution >= 4 is 0 Å². The van der Waals surface area contributed by atoms with E-state index in [1.807, 2.05) is 0 Å². The van der Waals surface area contributed by atoms with Crippen molar-refractivity contribution in [2.45, 2.75) is 0 Å². The molecule has 0 unspecified atom stereocenters. The molecule has 0 aliphatic rings. The van der Waals surface area contributed by atoms with E-state index in [4.69, 9.17) is 11.4 Å². The van der Waals surface area contributed by atoms with E-state index >= 15 is 0 Å². The molecule has 29 valence electrons. The molecule has 1 radical (unpaired) electrons. The van der Waals surface area contributed by atoms with Gasteiger partial charge in [0.2, 0.25) is 0 Å². The van der Waals surface area contributed by atoms with Gasteiger partial charge in [-0.15, -0.1) is 0 Å². The topological polar surface area (TPSA) is 54.4 Å². The fourth-order valence-electron chi connectivity index (χ4n) is 0. The van der Waals surface area contributed by atoms with Gasteiger partial charge in [-0.3, -0.25) is 0 Å². The van der Waals surface area contributed by atoms with Crippen LogP contribution in [-0.2, 0) is 45.1 Å². The molecule has 5 heavy (non-hydrogen) atoms. The van der Waals surface area contributed by atoms with Gasteiger partial charge in [-0.25, -0.2) is 0 Å². The molecule has 0 atom stereocenters. The van der Waals surface area contributed by atoms with E-state index < -0.39 is 15.4 Å². The third-order valence-corrected chi connectivity index (χ3v) is 0. The van der Waals surface area contributed by atoms with Crippen molar-refractivity contribution < 1.29 is 49.2 Å². The van der Waals surface area contributed by atoms with Crippen molar-refractivity contribution in [3.05, 3.63) is 0 Å². The van der Waals surface area contributed by atoms with Crippen LogP contribution < -0.4 is 0 Å². The first-order valence-corrected chi connectivity index (χ1v) is 2.33. The molecule has 0 bridgehead atoms. The van der Waals surface area contributed by atoms with E-state index in [1.165, 1.54) is 0 Å². The van der Waals surface area contributed by atoms with Gasteiger partial charge < -0.3 is 0 Å². The van der Waals surface area contributed by atoms with Crippen molar-refractivity contribution in [3.63, 3.8) is 0 Å². The normalized spacial score (nSPS) is 5.00. The number of rotatable bonds is 0. The second kappa shape index (κ2) is 4.88. The summed E-state index contributed by atoms with van der Waals surface area (Å²) in [7, 11) is 0. The second-order valence-electron chi connectivity index (χ2n) is 0.238. The van der Waals surface area contributed by atoms with Crippen LogP contribution in [0, 0.1) is 0 Å². The van der Waals surface area contributed by atoms with Gasteiger partial charge in [0, 0.05) is 22.4 Å². The van der Waals surface area contributed by atoms with Gasteiger partial charge in [0.05, 0.1) is 0 Å². The fourth-order valence-corrected chi connectivity index (χ4v) is 0. The zero-order valence-corrected chi connectivity index (χ0v) is 5.75. The SMILES string of the molecule is [Nb].[O]=[V](=[O])[OH]. The second-order valence-corrected chi connectivity index (χ2v) is 0.981. The Morgan fingerprint density at radius 3 is 1.40 bits per heavy atom. The minimum atomic E-state index is -3.69. The Hall–Kier alpha value is 0.885. The van der Waals surface area contributed by atoms with Crippen LogP contribution in [0.1, 0.15) is 0 Å². The minimum absolute atomic E-state index is 0. The summed E-state index contributed by atoms with van der Waals surface area (Å²) in [6.07, 6.45) is 0. The van der Waals surface area contributed by atoms with E-state index in [0.717, 1.165) is 0 Å². The van der Waals surface area contributed by atoms with Crippen molar-refractivity contribution in [2.24, 2.45) is 0 Å². The molecule has 0 fully saturated rings. The van der Waals surface area contributed by atoms with Gasteiger partial charge in [0.25, 0.3) is 0 Å². The van der Waals surface area contributed by atoms with Crippen LogP contribution >= 0.6 is 0 Å².